The molecule has 0 aliphatic rings. The van der Waals surface area contributed by atoms with E-state index in [1.807, 2.05) is 0 Å². The number of hydrogen-bond acceptors (Lipinski definition) is 2. The largest absolute Gasteiger partial charge is 0.478 e. The van der Waals surface area contributed by atoms with E-state index in [1.54, 1.807) is 0 Å². The number of phosphoric acid groups is 1. The third kappa shape index (κ3) is 47.3. The third-order valence-electron chi connectivity index (χ3n) is 0.365. The van der Waals surface area contributed by atoms with Crippen LogP contribution in [0.2, 0.25) is 0 Å². The molecule has 0 rings (SSSR count). The van der Waals surface area contributed by atoms with E-state index in [0.29, 0.717) is 0 Å². The fourth-order valence-corrected chi connectivity index (χ4v) is 0. The summed E-state index contributed by atoms with van der Waals surface area (Å²) in [4.78, 5) is 31.2. The molecule has 0 spiro atoms. The van der Waals surface area contributed by atoms with Crippen molar-refractivity contribution in [1.29, 1.82) is 0 Å². The van der Waals surface area contributed by atoms with Crippen LogP contribution < -0.4 is 0 Å². The summed E-state index contributed by atoms with van der Waals surface area (Å²) in [6.45, 7) is 4.60. The van der Waals surface area contributed by atoms with Gasteiger partial charge < -0.3 is 19.8 Å². The first-order valence-corrected chi connectivity index (χ1v) is 3.88. The molecular weight excluding hydrogens is 264 g/mol. The molecule has 0 saturated heterocycles. The van der Waals surface area contributed by atoms with E-state index >= 15 is 0 Å². The molecule has 0 aliphatic carbocycles. The predicted octanol–water partition coefficient (Wildman–Crippen LogP) is -0.284. The molecular formula is C4H9O6PY. The Morgan fingerprint density at radius 3 is 1.42 bits per heavy atom. The Morgan fingerprint density at radius 2 is 1.42 bits per heavy atom. The maximum absolute atomic E-state index is 9.60. The molecule has 0 aliphatic heterocycles. The van der Waals surface area contributed by atoms with Crippen molar-refractivity contribution in [3.8, 4) is 0 Å². The second kappa shape index (κ2) is 8.04. The summed E-state index contributed by atoms with van der Waals surface area (Å²) in [6, 6.07) is 0. The average Bonchev–Trinajstić information content (AvgIpc) is 1.59. The van der Waals surface area contributed by atoms with Gasteiger partial charge in [-0.1, -0.05) is 6.58 Å². The van der Waals surface area contributed by atoms with Gasteiger partial charge in [0.05, 0.1) is 0 Å². The van der Waals surface area contributed by atoms with Gasteiger partial charge in [-0.25, -0.2) is 9.36 Å². The zero-order valence-electron chi connectivity index (χ0n) is 6.34. The van der Waals surface area contributed by atoms with Crippen LogP contribution in [0.1, 0.15) is 6.92 Å². The molecule has 4 N–H and O–H groups in total. The van der Waals surface area contributed by atoms with Crippen molar-refractivity contribution < 1.29 is 61.9 Å². The molecule has 12 heavy (non-hydrogen) atoms. The van der Waals surface area contributed by atoms with E-state index in [-0.39, 0.29) is 38.3 Å². The second-order valence-electron chi connectivity index (χ2n) is 1.60. The Bertz CT molecular complexity index is 175. The topological polar surface area (TPSA) is 115 Å². The van der Waals surface area contributed by atoms with E-state index in [0.717, 1.165) is 0 Å². The number of hydrogen-bond donors (Lipinski definition) is 4. The Hall–Kier alpha value is 0.424. The van der Waals surface area contributed by atoms with Crippen LogP contribution in [-0.2, 0) is 42.1 Å². The van der Waals surface area contributed by atoms with E-state index in [4.69, 9.17) is 24.4 Å². The van der Waals surface area contributed by atoms with Crippen LogP contribution in [0, 0.1) is 0 Å². The van der Waals surface area contributed by atoms with Gasteiger partial charge in [0.2, 0.25) is 0 Å². The molecule has 69 valence electrons. The first-order valence-electron chi connectivity index (χ1n) is 2.31. The van der Waals surface area contributed by atoms with Crippen molar-refractivity contribution in [2.75, 3.05) is 0 Å². The number of rotatable bonds is 1. The minimum Gasteiger partial charge on any atom is -0.478 e. The van der Waals surface area contributed by atoms with Crippen LogP contribution >= 0.6 is 7.82 Å². The van der Waals surface area contributed by atoms with Gasteiger partial charge in [-0.2, -0.15) is 0 Å². The summed E-state index contributed by atoms with van der Waals surface area (Å²) in [5.74, 6) is -0.935. The molecule has 0 bridgehead atoms. The molecule has 8 heteroatoms. The molecule has 0 fully saturated rings. The van der Waals surface area contributed by atoms with Gasteiger partial charge in [0.25, 0.3) is 0 Å². The Balaban J connectivity index is -0.000000126. The van der Waals surface area contributed by atoms with E-state index in [9.17, 15) is 4.79 Å². The summed E-state index contributed by atoms with van der Waals surface area (Å²) < 4.78 is 8.88. The van der Waals surface area contributed by atoms with Crippen LogP contribution in [0.5, 0.6) is 0 Å². The summed E-state index contributed by atoms with van der Waals surface area (Å²) in [7, 11) is -4.64. The predicted molar refractivity (Wildman–Crippen MR) is 36.7 cm³/mol. The summed E-state index contributed by atoms with van der Waals surface area (Å²) in [6.07, 6.45) is 0. The molecule has 0 aromatic carbocycles. The van der Waals surface area contributed by atoms with Crippen molar-refractivity contribution in [1.82, 2.24) is 0 Å². The molecule has 0 atom stereocenters. The normalized spacial score (nSPS) is 8.67. The smallest absolute Gasteiger partial charge is 0.466 e. The fourth-order valence-electron chi connectivity index (χ4n) is 0. The zero-order valence-corrected chi connectivity index (χ0v) is 10.1. The molecule has 1 radical (unpaired) electrons. The zero-order chi connectivity index (χ0) is 9.65. The van der Waals surface area contributed by atoms with Gasteiger partial charge in [-0.15, -0.1) is 0 Å². The SMILES string of the molecule is C=C(C)C(=O)O.O=P(O)(O)O.[Y]. The summed E-state index contributed by atoms with van der Waals surface area (Å²) >= 11 is 0. The van der Waals surface area contributed by atoms with Crippen LogP contribution in [0.25, 0.3) is 0 Å². The van der Waals surface area contributed by atoms with Crippen molar-refractivity contribution in [3.05, 3.63) is 12.2 Å². The Morgan fingerprint density at radius 1 is 1.33 bits per heavy atom. The molecule has 0 heterocycles. The van der Waals surface area contributed by atoms with Crippen LogP contribution in [0.15, 0.2) is 12.2 Å². The van der Waals surface area contributed by atoms with Crippen molar-refractivity contribution in [3.63, 3.8) is 0 Å². The monoisotopic (exact) mass is 273 g/mol. The molecule has 0 unspecified atom stereocenters. The van der Waals surface area contributed by atoms with Gasteiger partial charge in [-0.05, 0) is 6.92 Å². The van der Waals surface area contributed by atoms with Crippen LogP contribution in [0.3, 0.4) is 0 Å². The third-order valence-corrected chi connectivity index (χ3v) is 0.365. The van der Waals surface area contributed by atoms with E-state index in [2.05, 4.69) is 6.58 Å². The maximum atomic E-state index is 9.60. The minimum absolute atomic E-state index is 0. The summed E-state index contributed by atoms with van der Waals surface area (Å²) in [5.41, 5.74) is 0.176. The first-order chi connectivity index (χ1) is 4.64. The number of aliphatic carboxylic acids is 1. The summed E-state index contributed by atoms with van der Waals surface area (Å²) in [5, 5.41) is 7.89. The van der Waals surface area contributed by atoms with Gasteiger partial charge in [-0.3, -0.25) is 0 Å². The number of carboxylic acid groups (broad SMARTS) is 1. The number of carboxylic acids is 1. The van der Waals surface area contributed by atoms with E-state index < -0.39 is 13.8 Å². The maximum Gasteiger partial charge on any atom is 0.466 e. The average molecular weight is 273 g/mol. The first kappa shape index (κ1) is 18.3. The molecule has 6 nitrogen and oxygen atoms in total. The van der Waals surface area contributed by atoms with Gasteiger partial charge in [0.15, 0.2) is 0 Å². The van der Waals surface area contributed by atoms with E-state index in [1.165, 1.54) is 6.92 Å². The van der Waals surface area contributed by atoms with Gasteiger partial charge in [0.1, 0.15) is 0 Å². The van der Waals surface area contributed by atoms with Gasteiger partial charge >= 0.3 is 13.8 Å². The molecule has 0 saturated carbocycles. The van der Waals surface area contributed by atoms with Crippen molar-refractivity contribution >= 4 is 13.8 Å². The van der Waals surface area contributed by atoms with Crippen LogP contribution in [-0.4, -0.2) is 25.8 Å². The fraction of sp³-hybridized carbons (Fsp3) is 0.250. The molecule has 0 aromatic rings. The molecule has 0 amide bonds. The second-order valence-corrected chi connectivity index (χ2v) is 2.63. The standard InChI is InChI=1S/C4H6O2.H3O4P.Y/c1-3(2)4(5)6;1-5(2,3)4;/h1H2,2H3,(H,5,6);(H3,1,2,3,4);. The Kier molecular flexibility index (Phi) is 12.2. The minimum atomic E-state index is -4.64. The Labute approximate surface area is 94.4 Å². The number of carbonyl (C=O) groups is 1. The van der Waals surface area contributed by atoms with Crippen molar-refractivity contribution in [2.45, 2.75) is 6.92 Å². The van der Waals surface area contributed by atoms with Crippen LogP contribution in [0.4, 0.5) is 0 Å². The quantitative estimate of drug-likeness (QED) is 0.385. The molecule has 0 aromatic heterocycles. The van der Waals surface area contributed by atoms with Gasteiger partial charge in [0, 0.05) is 38.3 Å². The van der Waals surface area contributed by atoms with Crippen molar-refractivity contribution in [2.24, 2.45) is 0 Å².